The van der Waals surface area contributed by atoms with Crippen LogP contribution in [0.3, 0.4) is 0 Å². The molecule has 20 heavy (non-hydrogen) atoms. The molecule has 2 aromatic rings. The van der Waals surface area contributed by atoms with Gasteiger partial charge in [-0.15, -0.1) is 0 Å². The molecule has 0 heterocycles. The normalized spacial score (nSPS) is 10.4. The van der Waals surface area contributed by atoms with Crippen LogP contribution < -0.4 is 10.6 Å². The molecule has 0 fully saturated rings. The summed E-state index contributed by atoms with van der Waals surface area (Å²) in [5.74, 6) is -0.282. The molecule has 4 heteroatoms. The lowest BCUT2D eigenvalue weighted by Crippen LogP contribution is -2.31. The van der Waals surface area contributed by atoms with Crippen molar-refractivity contribution in [1.29, 1.82) is 0 Å². The minimum Gasteiger partial charge on any atom is -0.334 e. The van der Waals surface area contributed by atoms with E-state index in [2.05, 4.69) is 10.6 Å². The molecular weight excluding hydrogens is 255 g/mol. The SMILES string of the molecule is O=C(N/C=C/c1ccc(F)cc1)NCc1ccccc1. The summed E-state index contributed by atoms with van der Waals surface area (Å²) >= 11 is 0. The second kappa shape index (κ2) is 7.09. The topological polar surface area (TPSA) is 41.1 Å². The van der Waals surface area contributed by atoms with Gasteiger partial charge < -0.3 is 10.6 Å². The van der Waals surface area contributed by atoms with Crippen molar-refractivity contribution in [2.45, 2.75) is 6.54 Å². The molecule has 0 bridgehead atoms. The van der Waals surface area contributed by atoms with Gasteiger partial charge in [-0.2, -0.15) is 0 Å². The highest BCUT2D eigenvalue weighted by atomic mass is 19.1. The van der Waals surface area contributed by atoms with Crippen molar-refractivity contribution < 1.29 is 9.18 Å². The fourth-order valence-corrected chi connectivity index (χ4v) is 1.62. The van der Waals surface area contributed by atoms with Crippen molar-refractivity contribution in [3.8, 4) is 0 Å². The zero-order valence-corrected chi connectivity index (χ0v) is 10.8. The molecule has 0 aliphatic carbocycles. The molecule has 2 N–H and O–H groups in total. The van der Waals surface area contributed by atoms with E-state index in [-0.39, 0.29) is 11.8 Å². The van der Waals surface area contributed by atoms with Gasteiger partial charge in [-0.1, -0.05) is 42.5 Å². The number of amides is 2. The summed E-state index contributed by atoms with van der Waals surface area (Å²) in [6.07, 6.45) is 3.22. The van der Waals surface area contributed by atoms with Crippen LogP contribution in [0.4, 0.5) is 9.18 Å². The number of halogens is 1. The Bertz CT molecular complexity index is 579. The molecule has 0 aliphatic heterocycles. The third-order valence-corrected chi connectivity index (χ3v) is 2.66. The predicted molar refractivity (Wildman–Crippen MR) is 77.2 cm³/mol. The van der Waals surface area contributed by atoms with Crippen LogP contribution in [-0.4, -0.2) is 6.03 Å². The minimum absolute atomic E-state index is 0.282. The van der Waals surface area contributed by atoms with Gasteiger partial charge >= 0.3 is 6.03 Å². The largest absolute Gasteiger partial charge is 0.334 e. The highest BCUT2D eigenvalue weighted by molar-refractivity contribution is 5.75. The molecular formula is C16H15FN2O. The van der Waals surface area contributed by atoms with Crippen LogP contribution >= 0.6 is 0 Å². The summed E-state index contributed by atoms with van der Waals surface area (Å²) < 4.78 is 12.7. The van der Waals surface area contributed by atoms with E-state index in [9.17, 15) is 9.18 Å². The van der Waals surface area contributed by atoms with E-state index in [4.69, 9.17) is 0 Å². The first kappa shape index (κ1) is 13.8. The molecule has 3 nitrogen and oxygen atoms in total. The quantitative estimate of drug-likeness (QED) is 0.879. The van der Waals surface area contributed by atoms with E-state index in [1.807, 2.05) is 30.3 Å². The lowest BCUT2D eigenvalue weighted by atomic mass is 10.2. The molecule has 0 unspecified atom stereocenters. The van der Waals surface area contributed by atoms with Crippen LogP contribution in [0.1, 0.15) is 11.1 Å². The second-order valence-corrected chi connectivity index (χ2v) is 4.20. The highest BCUT2D eigenvalue weighted by Gasteiger charge is 1.97. The predicted octanol–water partition coefficient (Wildman–Crippen LogP) is 3.30. The Morgan fingerprint density at radius 1 is 1.05 bits per heavy atom. The Morgan fingerprint density at radius 2 is 1.75 bits per heavy atom. The average Bonchev–Trinajstić information content (AvgIpc) is 2.48. The van der Waals surface area contributed by atoms with Gasteiger partial charge in [-0.3, -0.25) is 0 Å². The number of carbonyl (C=O) groups is 1. The maximum atomic E-state index is 12.7. The summed E-state index contributed by atoms with van der Waals surface area (Å²) in [6, 6.07) is 15.4. The summed E-state index contributed by atoms with van der Waals surface area (Å²) in [5, 5.41) is 5.32. The van der Waals surface area contributed by atoms with Gasteiger partial charge in [0.25, 0.3) is 0 Å². The van der Waals surface area contributed by atoms with E-state index in [1.54, 1.807) is 18.2 Å². The van der Waals surface area contributed by atoms with E-state index in [0.29, 0.717) is 6.54 Å². The maximum absolute atomic E-state index is 12.7. The van der Waals surface area contributed by atoms with Crippen LogP contribution in [-0.2, 0) is 6.54 Å². The molecule has 2 amide bonds. The number of hydrogen-bond acceptors (Lipinski definition) is 1. The van der Waals surface area contributed by atoms with Crippen molar-refractivity contribution in [3.05, 3.63) is 77.7 Å². The molecule has 102 valence electrons. The molecule has 0 aliphatic rings. The maximum Gasteiger partial charge on any atom is 0.319 e. The number of hydrogen-bond donors (Lipinski definition) is 2. The van der Waals surface area contributed by atoms with E-state index >= 15 is 0 Å². The first-order valence-electron chi connectivity index (χ1n) is 6.24. The first-order chi connectivity index (χ1) is 9.74. The van der Waals surface area contributed by atoms with Crippen LogP contribution in [0.2, 0.25) is 0 Å². The molecule has 2 rings (SSSR count). The van der Waals surface area contributed by atoms with E-state index in [0.717, 1.165) is 11.1 Å². The number of benzene rings is 2. The third kappa shape index (κ3) is 4.57. The summed E-state index contributed by atoms with van der Waals surface area (Å²) in [4.78, 5) is 11.5. The van der Waals surface area contributed by atoms with Crippen LogP contribution in [0, 0.1) is 5.82 Å². The monoisotopic (exact) mass is 270 g/mol. The van der Waals surface area contributed by atoms with Gasteiger partial charge in [0.2, 0.25) is 0 Å². The molecule has 2 aromatic carbocycles. The van der Waals surface area contributed by atoms with Crippen LogP contribution in [0.15, 0.2) is 60.8 Å². The standard InChI is InChI=1S/C16H15FN2O/c17-15-8-6-13(7-9-15)10-11-18-16(20)19-12-14-4-2-1-3-5-14/h1-11H,12H2,(H2,18,19,20)/b11-10+. The Kier molecular flexibility index (Phi) is 4.89. The fraction of sp³-hybridized carbons (Fsp3) is 0.0625. The van der Waals surface area contributed by atoms with Crippen molar-refractivity contribution >= 4 is 12.1 Å². The van der Waals surface area contributed by atoms with E-state index < -0.39 is 0 Å². The molecule has 0 spiro atoms. The van der Waals surface area contributed by atoms with Crippen molar-refractivity contribution in [1.82, 2.24) is 10.6 Å². The van der Waals surface area contributed by atoms with E-state index in [1.165, 1.54) is 18.3 Å². The van der Waals surface area contributed by atoms with Gasteiger partial charge in [0.1, 0.15) is 5.82 Å². The first-order valence-corrected chi connectivity index (χ1v) is 6.24. The second-order valence-electron chi connectivity index (χ2n) is 4.20. The van der Waals surface area contributed by atoms with Crippen molar-refractivity contribution in [3.63, 3.8) is 0 Å². The molecule has 0 atom stereocenters. The summed E-state index contributed by atoms with van der Waals surface area (Å²) in [5.41, 5.74) is 1.85. The third-order valence-electron chi connectivity index (χ3n) is 2.66. The number of rotatable bonds is 4. The van der Waals surface area contributed by atoms with Crippen LogP contribution in [0.5, 0.6) is 0 Å². The van der Waals surface area contributed by atoms with Gasteiger partial charge in [0.05, 0.1) is 0 Å². The number of carbonyl (C=O) groups excluding carboxylic acids is 1. The molecule has 0 saturated heterocycles. The number of urea groups is 1. The van der Waals surface area contributed by atoms with Crippen LogP contribution in [0.25, 0.3) is 6.08 Å². The van der Waals surface area contributed by atoms with Gasteiger partial charge in [0.15, 0.2) is 0 Å². The minimum atomic E-state index is -0.285. The highest BCUT2D eigenvalue weighted by Crippen LogP contribution is 2.03. The lowest BCUT2D eigenvalue weighted by molar-refractivity contribution is 0.244. The van der Waals surface area contributed by atoms with Crippen molar-refractivity contribution in [2.24, 2.45) is 0 Å². The summed E-state index contributed by atoms with van der Waals surface area (Å²) in [7, 11) is 0. The van der Waals surface area contributed by atoms with Gasteiger partial charge in [0, 0.05) is 12.7 Å². The van der Waals surface area contributed by atoms with Gasteiger partial charge in [-0.05, 0) is 29.3 Å². The Morgan fingerprint density at radius 3 is 2.45 bits per heavy atom. The Balaban J connectivity index is 1.76. The number of nitrogens with one attached hydrogen (secondary N) is 2. The van der Waals surface area contributed by atoms with Gasteiger partial charge in [-0.25, -0.2) is 9.18 Å². The Hall–Kier alpha value is -2.62. The lowest BCUT2D eigenvalue weighted by Gasteiger charge is -2.04. The van der Waals surface area contributed by atoms with Crippen molar-refractivity contribution in [2.75, 3.05) is 0 Å². The molecule has 0 radical (unpaired) electrons. The molecule has 0 aromatic heterocycles. The zero-order valence-electron chi connectivity index (χ0n) is 10.8. The Labute approximate surface area is 117 Å². The smallest absolute Gasteiger partial charge is 0.319 e. The zero-order chi connectivity index (χ0) is 14.2. The molecule has 0 saturated carbocycles. The fourth-order valence-electron chi connectivity index (χ4n) is 1.62. The average molecular weight is 270 g/mol. The summed E-state index contributed by atoms with van der Waals surface area (Å²) in [6.45, 7) is 0.469.